The maximum atomic E-state index is 12.2. The van der Waals surface area contributed by atoms with Crippen LogP contribution in [0.1, 0.15) is 63.7 Å². The molecule has 0 atom stereocenters. The van der Waals surface area contributed by atoms with Crippen molar-refractivity contribution in [1.82, 2.24) is 0 Å². The minimum Gasteiger partial charge on any atom is -0.406 e. The number of alkyl halides is 3. The third-order valence-corrected chi connectivity index (χ3v) is 5.83. The lowest BCUT2D eigenvalue weighted by molar-refractivity contribution is -0.274. The summed E-state index contributed by atoms with van der Waals surface area (Å²) in [5.74, 6) is 1.73. The molecule has 3 nitrogen and oxygen atoms in total. The quantitative estimate of drug-likeness (QED) is 0.579. The Morgan fingerprint density at radius 3 is 2.15 bits per heavy atom. The van der Waals surface area contributed by atoms with Crippen LogP contribution in [0, 0.1) is 17.8 Å². The number of unbranched alkanes of at least 4 members (excludes halogenated alkanes) is 1. The van der Waals surface area contributed by atoms with Crippen LogP contribution in [0.5, 0.6) is 5.75 Å². The summed E-state index contributed by atoms with van der Waals surface area (Å²) < 4.78 is 52.3. The molecule has 6 heteroatoms. The second-order valence-electron chi connectivity index (χ2n) is 7.80. The Hall–Kier alpha value is -1.27. The third-order valence-electron chi connectivity index (χ3n) is 5.83. The van der Waals surface area contributed by atoms with Gasteiger partial charge in [-0.1, -0.05) is 51.2 Å². The van der Waals surface area contributed by atoms with Crippen LogP contribution in [0.2, 0.25) is 0 Å². The second-order valence-corrected chi connectivity index (χ2v) is 7.80. The van der Waals surface area contributed by atoms with Gasteiger partial charge in [0.05, 0.1) is 13.2 Å². The Morgan fingerprint density at radius 1 is 0.963 bits per heavy atom. The molecule has 0 amide bonds. The number of hydrogen-bond donors (Lipinski definition) is 0. The zero-order chi connectivity index (χ0) is 19.3. The van der Waals surface area contributed by atoms with Crippen molar-refractivity contribution in [1.29, 1.82) is 0 Å². The van der Waals surface area contributed by atoms with Crippen LogP contribution in [0.25, 0.3) is 0 Å². The van der Waals surface area contributed by atoms with E-state index in [-0.39, 0.29) is 5.75 Å². The molecule has 3 rings (SSSR count). The van der Waals surface area contributed by atoms with Crippen molar-refractivity contribution in [3.8, 4) is 5.75 Å². The minimum atomic E-state index is -4.68. The molecular weight excluding hydrogens is 357 g/mol. The smallest absolute Gasteiger partial charge is 0.406 e. The van der Waals surface area contributed by atoms with E-state index in [1.165, 1.54) is 57.1 Å². The van der Waals surface area contributed by atoms with Gasteiger partial charge in [0, 0.05) is 11.5 Å². The zero-order valence-corrected chi connectivity index (χ0v) is 15.8. The number of halogens is 3. The van der Waals surface area contributed by atoms with Gasteiger partial charge in [0.2, 0.25) is 0 Å². The lowest BCUT2D eigenvalue weighted by atomic mass is 9.75. The number of rotatable bonds is 6. The van der Waals surface area contributed by atoms with E-state index >= 15 is 0 Å². The van der Waals surface area contributed by atoms with Gasteiger partial charge in [0.1, 0.15) is 5.75 Å². The number of ether oxygens (including phenoxy) is 3. The zero-order valence-electron chi connectivity index (χ0n) is 15.8. The van der Waals surface area contributed by atoms with Crippen LogP contribution in [-0.4, -0.2) is 19.6 Å². The highest BCUT2D eigenvalue weighted by atomic mass is 19.4. The van der Waals surface area contributed by atoms with Gasteiger partial charge < -0.3 is 14.2 Å². The van der Waals surface area contributed by atoms with Gasteiger partial charge in [0.15, 0.2) is 6.29 Å². The van der Waals surface area contributed by atoms with Gasteiger partial charge in [0.25, 0.3) is 0 Å². The Kier molecular flexibility index (Phi) is 7.04. The first kappa shape index (κ1) is 20.5. The highest BCUT2D eigenvalue weighted by Gasteiger charge is 2.33. The van der Waals surface area contributed by atoms with Crippen LogP contribution >= 0.6 is 0 Å². The molecule has 1 aromatic carbocycles. The summed E-state index contributed by atoms with van der Waals surface area (Å²) in [6.07, 6.45) is 3.89. The van der Waals surface area contributed by atoms with E-state index in [0.717, 1.165) is 5.92 Å². The normalized spacial score (nSPS) is 29.5. The van der Waals surface area contributed by atoms with Crippen molar-refractivity contribution in [3.63, 3.8) is 0 Å². The van der Waals surface area contributed by atoms with Gasteiger partial charge in [-0.3, -0.25) is 0 Å². The summed E-state index contributed by atoms with van der Waals surface area (Å²) in [5, 5.41) is 0. The molecule has 0 aromatic heterocycles. The molecular formula is C21H29F3O3. The molecule has 1 aliphatic heterocycles. The van der Waals surface area contributed by atoms with Gasteiger partial charge in [-0.25, -0.2) is 0 Å². The predicted octanol–water partition coefficient (Wildman–Crippen LogP) is 6.24. The molecule has 2 aliphatic rings. The second kappa shape index (κ2) is 9.28. The lowest BCUT2D eigenvalue weighted by Crippen LogP contribution is -2.34. The largest absolute Gasteiger partial charge is 0.573 e. The molecule has 2 fully saturated rings. The average Bonchev–Trinajstić information content (AvgIpc) is 2.66. The van der Waals surface area contributed by atoms with Crippen molar-refractivity contribution >= 4 is 0 Å². The molecule has 0 bridgehead atoms. The molecule has 1 saturated heterocycles. The molecule has 0 N–H and O–H groups in total. The maximum absolute atomic E-state index is 12.2. The number of benzene rings is 1. The summed E-state index contributed by atoms with van der Waals surface area (Å²) in [6.45, 7) is 3.54. The molecule has 152 valence electrons. The van der Waals surface area contributed by atoms with E-state index in [4.69, 9.17) is 9.47 Å². The molecule has 27 heavy (non-hydrogen) atoms. The van der Waals surface area contributed by atoms with Crippen LogP contribution in [0.15, 0.2) is 24.3 Å². The molecule has 0 spiro atoms. The van der Waals surface area contributed by atoms with E-state index in [9.17, 15) is 13.2 Å². The molecule has 1 heterocycles. The number of hydrogen-bond acceptors (Lipinski definition) is 3. The topological polar surface area (TPSA) is 27.7 Å². The van der Waals surface area contributed by atoms with Crippen LogP contribution in [0.3, 0.4) is 0 Å². The standard InChI is InChI=1S/C21H29F3O3/c1-2-3-4-15-5-7-16(8-6-15)18-13-25-20(26-14-18)17-9-11-19(12-10-17)27-21(22,23)24/h9-12,15-16,18,20H,2-8,13-14H2,1H3/t15-,16-,18?,20?. The van der Waals surface area contributed by atoms with E-state index in [1.807, 2.05) is 0 Å². The monoisotopic (exact) mass is 386 g/mol. The molecule has 1 aliphatic carbocycles. The van der Waals surface area contributed by atoms with Crippen molar-refractivity contribution in [2.45, 2.75) is 64.5 Å². The van der Waals surface area contributed by atoms with Gasteiger partial charge >= 0.3 is 6.36 Å². The SMILES string of the molecule is CCCC[C@H]1CC[C@H](C2COC(c3ccc(OC(F)(F)F)cc3)OC2)CC1. The fourth-order valence-electron chi connectivity index (χ4n) is 4.25. The van der Waals surface area contributed by atoms with Crippen molar-refractivity contribution < 1.29 is 27.4 Å². The summed E-state index contributed by atoms with van der Waals surface area (Å²) in [7, 11) is 0. The molecule has 0 radical (unpaired) electrons. The predicted molar refractivity (Wildman–Crippen MR) is 96.2 cm³/mol. The van der Waals surface area contributed by atoms with Crippen molar-refractivity contribution in [3.05, 3.63) is 29.8 Å². The van der Waals surface area contributed by atoms with Crippen molar-refractivity contribution in [2.24, 2.45) is 17.8 Å². The summed E-state index contributed by atoms with van der Waals surface area (Å²) in [5.41, 5.74) is 0.714. The first-order chi connectivity index (χ1) is 12.9. The molecule has 0 unspecified atom stereocenters. The Bertz CT molecular complexity index is 557. The highest BCUT2D eigenvalue weighted by molar-refractivity contribution is 5.28. The minimum absolute atomic E-state index is 0.236. The van der Waals surface area contributed by atoms with Gasteiger partial charge in [-0.15, -0.1) is 13.2 Å². The first-order valence-electron chi connectivity index (χ1n) is 10.0. The van der Waals surface area contributed by atoms with Gasteiger partial charge in [-0.2, -0.15) is 0 Å². The van der Waals surface area contributed by atoms with Crippen LogP contribution in [0.4, 0.5) is 13.2 Å². The van der Waals surface area contributed by atoms with E-state index < -0.39 is 12.7 Å². The first-order valence-corrected chi connectivity index (χ1v) is 10.0. The third kappa shape index (κ3) is 6.11. The van der Waals surface area contributed by atoms with E-state index in [0.29, 0.717) is 30.6 Å². The fourth-order valence-corrected chi connectivity index (χ4v) is 4.25. The Labute approximate surface area is 159 Å². The maximum Gasteiger partial charge on any atom is 0.573 e. The lowest BCUT2D eigenvalue weighted by Gasteiger charge is -2.38. The Balaban J connectivity index is 1.44. The van der Waals surface area contributed by atoms with Crippen LogP contribution in [-0.2, 0) is 9.47 Å². The van der Waals surface area contributed by atoms with Crippen molar-refractivity contribution in [2.75, 3.05) is 13.2 Å². The summed E-state index contributed by atoms with van der Waals surface area (Å²) in [6, 6.07) is 5.70. The van der Waals surface area contributed by atoms with E-state index in [2.05, 4.69) is 11.7 Å². The summed E-state index contributed by atoms with van der Waals surface area (Å²) in [4.78, 5) is 0. The van der Waals surface area contributed by atoms with E-state index in [1.54, 1.807) is 12.1 Å². The summed E-state index contributed by atoms with van der Waals surface area (Å²) >= 11 is 0. The average molecular weight is 386 g/mol. The highest BCUT2D eigenvalue weighted by Crippen LogP contribution is 2.39. The Morgan fingerprint density at radius 2 is 1.59 bits per heavy atom. The fraction of sp³-hybridized carbons (Fsp3) is 0.714. The molecule has 1 aromatic rings. The van der Waals surface area contributed by atoms with Gasteiger partial charge in [-0.05, 0) is 36.8 Å². The molecule has 1 saturated carbocycles. The van der Waals surface area contributed by atoms with Crippen LogP contribution < -0.4 is 4.74 Å².